The molecule has 7 heteroatoms. The van der Waals surface area contributed by atoms with Gasteiger partial charge in [0.1, 0.15) is 5.65 Å². The molecule has 0 saturated heterocycles. The number of fused-ring (bicyclic) bond motifs is 2. The molecule has 1 aliphatic rings. The second-order valence-electron chi connectivity index (χ2n) is 8.06. The van der Waals surface area contributed by atoms with Crippen LogP contribution in [-0.2, 0) is 13.0 Å². The van der Waals surface area contributed by atoms with Crippen LogP contribution in [0.4, 0.5) is 0 Å². The Morgan fingerprint density at radius 3 is 2.69 bits per heavy atom. The van der Waals surface area contributed by atoms with Crippen molar-refractivity contribution in [2.24, 2.45) is 0 Å². The predicted octanol–water partition coefficient (Wildman–Crippen LogP) is 4.23. The molecule has 1 aromatic carbocycles. The fourth-order valence-corrected chi connectivity index (χ4v) is 5.37. The zero-order valence-corrected chi connectivity index (χ0v) is 19.2. The Balaban J connectivity index is 1.57. The second-order valence-corrected chi connectivity index (χ2v) is 9.04. The van der Waals surface area contributed by atoms with Crippen LogP contribution in [0.15, 0.2) is 58.8 Å². The summed E-state index contributed by atoms with van der Waals surface area (Å²) in [6.45, 7) is 3.43. The molecule has 3 aromatic heterocycles. The first-order chi connectivity index (χ1) is 15.6. The van der Waals surface area contributed by atoms with E-state index in [-0.39, 0.29) is 11.6 Å². The molecule has 0 fully saturated rings. The minimum atomic E-state index is -0.0508. The lowest BCUT2D eigenvalue weighted by molar-refractivity contribution is 0.203. The van der Waals surface area contributed by atoms with Crippen LogP contribution >= 0.6 is 11.3 Å². The molecule has 0 bridgehead atoms. The number of benzene rings is 1. The predicted molar refractivity (Wildman–Crippen MR) is 126 cm³/mol. The third-order valence-electron chi connectivity index (χ3n) is 6.01. The van der Waals surface area contributed by atoms with E-state index in [1.807, 2.05) is 25.3 Å². The molecule has 6 nitrogen and oxygen atoms in total. The summed E-state index contributed by atoms with van der Waals surface area (Å²) >= 11 is 1.74. The lowest BCUT2D eigenvalue weighted by Crippen LogP contribution is -2.36. The van der Waals surface area contributed by atoms with Gasteiger partial charge in [-0.25, -0.2) is 4.98 Å². The van der Waals surface area contributed by atoms with Crippen LogP contribution in [-0.4, -0.2) is 35.0 Å². The Morgan fingerprint density at radius 2 is 1.94 bits per heavy atom. The molecular weight excluding hydrogens is 422 g/mol. The van der Waals surface area contributed by atoms with Crippen molar-refractivity contribution in [1.29, 1.82) is 0 Å². The van der Waals surface area contributed by atoms with E-state index >= 15 is 0 Å². The normalized spacial score (nSPS) is 16.2. The van der Waals surface area contributed by atoms with Gasteiger partial charge in [0.2, 0.25) is 0 Å². The van der Waals surface area contributed by atoms with Crippen LogP contribution in [0.3, 0.4) is 0 Å². The number of aryl methyl sites for hydroxylation is 1. The van der Waals surface area contributed by atoms with E-state index in [4.69, 9.17) is 14.5 Å². The summed E-state index contributed by atoms with van der Waals surface area (Å²) in [6, 6.07) is 14.0. The van der Waals surface area contributed by atoms with Gasteiger partial charge in [-0.05, 0) is 59.7 Å². The van der Waals surface area contributed by atoms with E-state index in [1.165, 1.54) is 16.0 Å². The molecule has 1 unspecified atom stereocenters. The number of hydrogen-bond donors (Lipinski definition) is 0. The highest BCUT2D eigenvalue weighted by Crippen LogP contribution is 2.42. The lowest BCUT2D eigenvalue weighted by Gasteiger charge is -2.37. The first-order valence-electron chi connectivity index (χ1n) is 10.6. The summed E-state index contributed by atoms with van der Waals surface area (Å²) in [6.07, 6.45) is 2.73. The Kier molecular flexibility index (Phi) is 5.45. The van der Waals surface area contributed by atoms with E-state index in [0.29, 0.717) is 12.2 Å². The molecular formula is C25H25N3O3S. The first kappa shape index (κ1) is 20.7. The first-order valence-corrected chi connectivity index (χ1v) is 11.5. The summed E-state index contributed by atoms with van der Waals surface area (Å²) in [7, 11) is 3.33. The largest absolute Gasteiger partial charge is 0.493 e. The molecule has 0 amide bonds. The van der Waals surface area contributed by atoms with Gasteiger partial charge in [0.25, 0.3) is 5.56 Å². The average Bonchev–Trinajstić information content (AvgIpc) is 3.33. The zero-order chi connectivity index (χ0) is 22.2. The zero-order valence-electron chi connectivity index (χ0n) is 18.4. The summed E-state index contributed by atoms with van der Waals surface area (Å²) in [4.78, 5) is 21.2. The Morgan fingerprint density at radius 1 is 1.12 bits per heavy atom. The fraction of sp³-hybridized carbons (Fsp3) is 0.280. The van der Waals surface area contributed by atoms with Crippen LogP contribution < -0.4 is 15.0 Å². The number of thiophene rings is 1. The van der Waals surface area contributed by atoms with E-state index in [2.05, 4.69) is 34.5 Å². The third-order valence-corrected chi connectivity index (χ3v) is 6.94. The van der Waals surface area contributed by atoms with Crippen molar-refractivity contribution < 1.29 is 9.47 Å². The molecule has 4 aromatic rings. The smallest absolute Gasteiger partial charge is 0.258 e. The van der Waals surface area contributed by atoms with Crippen molar-refractivity contribution >= 4 is 17.0 Å². The fourth-order valence-electron chi connectivity index (χ4n) is 4.50. The molecule has 4 heterocycles. The van der Waals surface area contributed by atoms with Crippen molar-refractivity contribution in [2.45, 2.75) is 25.9 Å². The molecule has 0 saturated carbocycles. The standard InChI is InChI=1S/C25H25N3O3S/c1-16-6-7-23-26-18(12-24(29)28(23)14-16)15-27-9-8-17-11-20(30-2)21(31-3)13-19(17)25(27)22-5-4-10-32-22/h4-7,10-14,25H,8-9,15H2,1-3H3. The Labute approximate surface area is 190 Å². The molecule has 164 valence electrons. The van der Waals surface area contributed by atoms with E-state index < -0.39 is 0 Å². The highest BCUT2D eigenvalue weighted by Gasteiger charge is 2.31. The minimum absolute atomic E-state index is 0.0508. The van der Waals surface area contributed by atoms with Gasteiger partial charge in [-0.15, -0.1) is 11.3 Å². The summed E-state index contributed by atoms with van der Waals surface area (Å²) in [5.41, 5.74) is 4.91. The number of nitrogens with zero attached hydrogens (tertiary/aromatic N) is 3. The molecule has 0 aliphatic carbocycles. The molecule has 0 radical (unpaired) electrons. The summed E-state index contributed by atoms with van der Waals surface area (Å²) in [5, 5.41) is 2.10. The van der Waals surface area contributed by atoms with Crippen molar-refractivity contribution in [3.8, 4) is 11.5 Å². The van der Waals surface area contributed by atoms with Crippen molar-refractivity contribution in [3.63, 3.8) is 0 Å². The number of rotatable bonds is 5. The van der Waals surface area contributed by atoms with Gasteiger partial charge in [0, 0.05) is 30.2 Å². The maximum Gasteiger partial charge on any atom is 0.258 e. The summed E-state index contributed by atoms with van der Waals surface area (Å²) in [5.74, 6) is 1.48. The van der Waals surface area contributed by atoms with E-state index in [1.54, 1.807) is 36.0 Å². The molecule has 5 rings (SSSR count). The van der Waals surface area contributed by atoms with E-state index in [9.17, 15) is 4.79 Å². The van der Waals surface area contributed by atoms with Gasteiger partial charge >= 0.3 is 0 Å². The average molecular weight is 448 g/mol. The van der Waals surface area contributed by atoms with Crippen molar-refractivity contribution in [1.82, 2.24) is 14.3 Å². The van der Waals surface area contributed by atoms with Gasteiger partial charge in [0.05, 0.1) is 26.0 Å². The van der Waals surface area contributed by atoms with Crippen LogP contribution in [0, 0.1) is 6.92 Å². The maximum atomic E-state index is 12.7. The van der Waals surface area contributed by atoms with Crippen LogP contribution in [0.5, 0.6) is 11.5 Å². The Bertz CT molecular complexity index is 1330. The molecule has 1 atom stereocenters. The van der Waals surface area contributed by atoms with Gasteiger partial charge in [-0.1, -0.05) is 12.1 Å². The number of pyridine rings is 1. The second kappa shape index (κ2) is 8.41. The molecule has 1 aliphatic heterocycles. The maximum absolute atomic E-state index is 12.7. The van der Waals surface area contributed by atoms with Gasteiger partial charge in [-0.2, -0.15) is 0 Å². The highest BCUT2D eigenvalue weighted by molar-refractivity contribution is 7.10. The van der Waals surface area contributed by atoms with Gasteiger partial charge in [-0.3, -0.25) is 14.1 Å². The highest BCUT2D eigenvalue weighted by atomic mass is 32.1. The molecule has 0 spiro atoms. The number of hydrogen-bond acceptors (Lipinski definition) is 6. The molecule has 32 heavy (non-hydrogen) atoms. The quantitative estimate of drug-likeness (QED) is 0.458. The monoisotopic (exact) mass is 447 g/mol. The number of aromatic nitrogens is 2. The number of methoxy groups -OCH3 is 2. The minimum Gasteiger partial charge on any atom is -0.493 e. The van der Waals surface area contributed by atoms with Crippen molar-refractivity contribution in [2.75, 3.05) is 20.8 Å². The Hall–Kier alpha value is -3.16. The molecule has 0 N–H and O–H groups in total. The van der Waals surface area contributed by atoms with Crippen molar-refractivity contribution in [3.05, 3.63) is 91.7 Å². The number of ether oxygens (including phenoxy) is 2. The SMILES string of the molecule is COc1cc2c(cc1OC)C(c1cccs1)N(Cc1cc(=O)n3cc(C)ccc3n1)CC2. The van der Waals surface area contributed by atoms with Gasteiger partial charge in [0.15, 0.2) is 11.5 Å². The lowest BCUT2D eigenvalue weighted by atomic mass is 9.90. The van der Waals surface area contributed by atoms with Crippen LogP contribution in [0.1, 0.15) is 33.3 Å². The van der Waals surface area contributed by atoms with Crippen LogP contribution in [0.25, 0.3) is 5.65 Å². The van der Waals surface area contributed by atoms with Crippen LogP contribution in [0.2, 0.25) is 0 Å². The van der Waals surface area contributed by atoms with Gasteiger partial charge < -0.3 is 9.47 Å². The topological polar surface area (TPSA) is 56.1 Å². The van der Waals surface area contributed by atoms with E-state index in [0.717, 1.165) is 35.7 Å². The summed E-state index contributed by atoms with van der Waals surface area (Å²) < 4.78 is 12.7. The third kappa shape index (κ3) is 3.67.